The van der Waals surface area contributed by atoms with Gasteiger partial charge in [0.25, 0.3) is 5.91 Å². The predicted octanol–water partition coefficient (Wildman–Crippen LogP) is 3.35. The number of pyridine rings is 1. The van der Waals surface area contributed by atoms with Gasteiger partial charge in [-0.05, 0) is 18.2 Å². The standard InChI is InChI=1S/C23H18F3N7O4/c1-35-11-15-8-18(32-37-15)20-30-29-19-16-4-2-3-5-17(16)22(31-33(19)20)36-10-14-7-6-13(9-27-14)21(34)28-12-23(24,25)26/h2-9H,10-12H2,1H3,(H,28,34). The second kappa shape index (κ2) is 9.81. The molecule has 0 unspecified atom stereocenters. The summed E-state index contributed by atoms with van der Waals surface area (Å²) < 4.78 is 54.7. The Morgan fingerprint density at radius 3 is 2.65 bits per heavy atom. The molecule has 0 saturated heterocycles. The van der Waals surface area contributed by atoms with Crippen LogP contribution in [0, 0.1) is 0 Å². The number of fused-ring (bicyclic) bond motifs is 3. The maximum atomic E-state index is 12.3. The third kappa shape index (κ3) is 5.18. The van der Waals surface area contributed by atoms with Crippen LogP contribution in [0.1, 0.15) is 21.8 Å². The second-order valence-corrected chi connectivity index (χ2v) is 7.85. The van der Waals surface area contributed by atoms with E-state index in [0.29, 0.717) is 34.0 Å². The maximum Gasteiger partial charge on any atom is 0.405 e. The Labute approximate surface area is 206 Å². The maximum absolute atomic E-state index is 12.3. The van der Waals surface area contributed by atoms with E-state index in [4.69, 9.17) is 14.0 Å². The van der Waals surface area contributed by atoms with Gasteiger partial charge in [0.1, 0.15) is 19.8 Å². The van der Waals surface area contributed by atoms with Gasteiger partial charge in [0.05, 0.1) is 11.3 Å². The number of alkyl halides is 3. The van der Waals surface area contributed by atoms with Crippen LogP contribution < -0.4 is 10.1 Å². The first-order valence-electron chi connectivity index (χ1n) is 10.8. The van der Waals surface area contributed by atoms with Gasteiger partial charge in [-0.25, -0.2) is 0 Å². The van der Waals surface area contributed by atoms with E-state index in [1.165, 1.54) is 30.0 Å². The summed E-state index contributed by atoms with van der Waals surface area (Å²) in [5.74, 6) is 0.229. The number of benzene rings is 1. The van der Waals surface area contributed by atoms with Crippen LogP contribution in [0.5, 0.6) is 5.88 Å². The normalized spacial score (nSPS) is 11.8. The van der Waals surface area contributed by atoms with Crippen molar-refractivity contribution in [3.05, 3.63) is 65.7 Å². The summed E-state index contributed by atoms with van der Waals surface area (Å²) in [5.41, 5.74) is 1.33. The Balaban J connectivity index is 1.40. The van der Waals surface area contributed by atoms with Gasteiger partial charge in [-0.15, -0.1) is 15.3 Å². The molecule has 4 aromatic heterocycles. The number of carbonyl (C=O) groups is 1. The highest BCUT2D eigenvalue weighted by Gasteiger charge is 2.28. The number of halogens is 3. The van der Waals surface area contributed by atoms with Crippen LogP contribution in [-0.4, -0.2) is 55.7 Å². The fraction of sp³-hybridized carbons (Fsp3) is 0.217. The van der Waals surface area contributed by atoms with Gasteiger partial charge in [0.15, 0.2) is 17.1 Å². The number of methoxy groups -OCH3 is 1. The molecule has 1 amide bonds. The summed E-state index contributed by atoms with van der Waals surface area (Å²) in [4.78, 5) is 16.0. The second-order valence-electron chi connectivity index (χ2n) is 7.85. The number of nitrogens with zero attached hydrogens (tertiary/aromatic N) is 6. The third-order valence-electron chi connectivity index (χ3n) is 5.20. The smallest absolute Gasteiger partial charge is 0.405 e. The Morgan fingerprint density at radius 2 is 1.92 bits per heavy atom. The van der Waals surface area contributed by atoms with Gasteiger partial charge < -0.3 is 19.3 Å². The van der Waals surface area contributed by atoms with Gasteiger partial charge in [-0.1, -0.05) is 23.4 Å². The van der Waals surface area contributed by atoms with Crippen molar-refractivity contribution >= 4 is 22.3 Å². The van der Waals surface area contributed by atoms with Crippen LogP contribution in [0.3, 0.4) is 0 Å². The summed E-state index contributed by atoms with van der Waals surface area (Å²) in [6.45, 7) is -1.21. The molecule has 11 nitrogen and oxygen atoms in total. The molecule has 0 bridgehead atoms. The fourth-order valence-corrected chi connectivity index (χ4v) is 3.52. The molecule has 0 aliphatic heterocycles. The first kappa shape index (κ1) is 24.1. The van der Waals surface area contributed by atoms with Crippen LogP contribution in [-0.2, 0) is 18.0 Å². The van der Waals surface area contributed by atoms with Crippen LogP contribution in [0.25, 0.3) is 27.9 Å². The minimum Gasteiger partial charge on any atom is -0.470 e. The van der Waals surface area contributed by atoms with Crippen LogP contribution in [0.15, 0.2) is 53.2 Å². The molecule has 5 aromatic rings. The Morgan fingerprint density at radius 1 is 1.11 bits per heavy atom. The predicted molar refractivity (Wildman–Crippen MR) is 121 cm³/mol. The van der Waals surface area contributed by atoms with E-state index in [9.17, 15) is 18.0 Å². The van der Waals surface area contributed by atoms with Gasteiger partial charge in [-0.3, -0.25) is 9.78 Å². The number of amides is 1. The highest BCUT2D eigenvalue weighted by molar-refractivity contribution is 5.97. The molecule has 0 spiro atoms. The van der Waals surface area contributed by atoms with E-state index in [1.807, 2.05) is 24.3 Å². The minimum absolute atomic E-state index is 0.00687. The van der Waals surface area contributed by atoms with Gasteiger partial charge in [-0.2, -0.15) is 17.7 Å². The third-order valence-corrected chi connectivity index (χ3v) is 5.20. The first-order valence-corrected chi connectivity index (χ1v) is 10.8. The van der Waals surface area contributed by atoms with Crippen LogP contribution in [0.4, 0.5) is 13.2 Å². The summed E-state index contributed by atoms with van der Waals surface area (Å²) in [7, 11) is 1.54. The minimum atomic E-state index is -4.50. The molecule has 190 valence electrons. The molecule has 0 atom stereocenters. The molecule has 5 rings (SSSR count). The summed E-state index contributed by atoms with van der Waals surface area (Å²) in [6, 6.07) is 11.9. The van der Waals surface area contributed by atoms with Crippen molar-refractivity contribution in [1.82, 2.24) is 35.3 Å². The van der Waals surface area contributed by atoms with Gasteiger partial charge >= 0.3 is 6.18 Å². The van der Waals surface area contributed by atoms with E-state index < -0.39 is 18.6 Å². The largest absolute Gasteiger partial charge is 0.470 e. The fourth-order valence-electron chi connectivity index (χ4n) is 3.52. The van der Waals surface area contributed by atoms with E-state index in [2.05, 4.69) is 25.4 Å². The molecule has 1 aromatic carbocycles. The zero-order valence-electron chi connectivity index (χ0n) is 19.2. The molecule has 0 aliphatic carbocycles. The zero-order chi connectivity index (χ0) is 26.0. The van der Waals surface area contributed by atoms with Crippen molar-refractivity contribution in [2.45, 2.75) is 19.4 Å². The Kier molecular flexibility index (Phi) is 6.40. The quantitative estimate of drug-likeness (QED) is 0.332. The number of rotatable bonds is 8. The molecular formula is C23H18F3N7O4. The monoisotopic (exact) mass is 513 g/mol. The highest BCUT2D eigenvalue weighted by atomic mass is 19.4. The van der Waals surface area contributed by atoms with Gasteiger partial charge in [0, 0.05) is 30.1 Å². The Bertz CT molecular complexity index is 1560. The molecule has 0 fully saturated rings. The van der Waals surface area contributed by atoms with Crippen molar-refractivity contribution in [3.63, 3.8) is 0 Å². The van der Waals surface area contributed by atoms with E-state index in [0.717, 1.165) is 5.39 Å². The van der Waals surface area contributed by atoms with Crippen molar-refractivity contribution in [3.8, 4) is 17.4 Å². The molecular weight excluding hydrogens is 495 g/mol. The van der Waals surface area contributed by atoms with Crippen LogP contribution >= 0.6 is 0 Å². The number of hydrogen-bond donors (Lipinski definition) is 1. The SMILES string of the molecule is COCc1cc(-c2nnc3c4ccccc4c(OCc4ccc(C(=O)NCC(F)(F)F)cn4)nn23)no1. The number of hydrogen-bond acceptors (Lipinski definition) is 9. The van der Waals surface area contributed by atoms with Gasteiger partial charge in [0.2, 0.25) is 11.7 Å². The number of ether oxygens (including phenoxy) is 2. The zero-order valence-corrected chi connectivity index (χ0v) is 19.2. The topological polar surface area (TPSA) is 130 Å². The molecule has 1 N–H and O–H groups in total. The van der Waals surface area contributed by atoms with E-state index >= 15 is 0 Å². The lowest BCUT2D eigenvalue weighted by molar-refractivity contribution is -0.123. The summed E-state index contributed by atoms with van der Waals surface area (Å²) >= 11 is 0. The molecule has 0 saturated carbocycles. The molecule has 14 heteroatoms. The number of aromatic nitrogens is 6. The number of nitrogens with one attached hydrogen (secondary N) is 1. The average molecular weight is 513 g/mol. The van der Waals surface area contributed by atoms with E-state index in [1.54, 1.807) is 11.4 Å². The first-order chi connectivity index (χ1) is 17.8. The average Bonchev–Trinajstić information content (AvgIpc) is 3.53. The molecule has 0 radical (unpaired) electrons. The Hall–Kier alpha value is -4.59. The highest BCUT2D eigenvalue weighted by Crippen LogP contribution is 2.29. The van der Waals surface area contributed by atoms with Crippen molar-refractivity contribution in [1.29, 1.82) is 0 Å². The molecule has 0 aliphatic rings. The van der Waals surface area contributed by atoms with Crippen molar-refractivity contribution in [2.75, 3.05) is 13.7 Å². The lowest BCUT2D eigenvalue weighted by Crippen LogP contribution is -2.33. The van der Waals surface area contributed by atoms with Crippen molar-refractivity contribution < 1.29 is 32.0 Å². The lowest BCUT2D eigenvalue weighted by atomic mass is 10.2. The van der Waals surface area contributed by atoms with Crippen LogP contribution in [0.2, 0.25) is 0 Å². The molecule has 4 heterocycles. The lowest BCUT2D eigenvalue weighted by Gasteiger charge is -2.10. The van der Waals surface area contributed by atoms with E-state index in [-0.39, 0.29) is 24.7 Å². The summed E-state index contributed by atoms with van der Waals surface area (Å²) in [6.07, 6.45) is -3.32. The summed E-state index contributed by atoms with van der Waals surface area (Å²) in [5, 5.41) is 20.3. The number of carbonyl (C=O) groups excluding carboxylic acids is 1. The molecule has 37 heavy (non-hydrogen) atoms. The van der Waals surface area contributed by atoms with Crippen molar-refractivity contribution in [2.24, 2.45) is 0 Å².